The number of nitrogens with one attached hydrogen (secondary N) is 2. The van der Waals surface area contributed by atoms with Gasteiger partial charge in [-0.2, -0.15) is 0 Å². The van der Waals surface area contributed by atoms with Crippen molar-refractivity contribution in [3.8, 4) is 0 Å². The molecule has 0 aliphatic heterocycles. The van der Waals surface area contributed by atoms with Gasteiger partial charge >= 0.3 is 5.69 Å². The standard InChI is InChI=1S/C13H17N3O/c1-13(2)6-8(13)11(14)7-3-4-9-10(5-7)16-12(17)15-9/h3-5,8,11H,6,14H2,1-2H3,(H2,15,16,17). The van der Waals surface area contributed by atoms with E-state index in [4.69, 9.17) is 5.73 Å². The normalized spacial score (nSPS) is 23.8. The molecule has 0 amide bonds. The van der Waals surface area contributed by atoms with Crippen LogP contribution < -0.4 is 11.4 Å². The Labute approximate surface area is 99.2 Å². The van der Waals surface area contributed by atoms with Gasteiger partial charge in [0.1, 0.15) is 0 Å². The monoisotopic (exact) mass is 231 g/mol. The van der Waals surface area contributed by atoms with E-state index < -0.39 is 0 Å². The lowest BCUT2D eigenvalue weighted by atomic mass is 9.97. The van der Waals surface area contributed by atoms with Crippen molar-refractivity contribution in [1.29, 1.82) is 0 Å². The molecule has 2 atom stereocenters. The molecule has 1 aromatic heterocycles. The van der Waals surface area contributed by atoms with E-state index in [9.17, 15) is 4.79 Å². The fourth-order valence-corrected chi connectivity index (χ4v) is 2.61. The van der Waals surface area contributed by atoms with Crippen molar-refractivity contribution in [3.05, 3.63) is 34.2 Å². The van der Waals surface area contributed by atoms with Crippen LogP contribution in [0.15, 0.2) is 23.0 Å². The second-order valence-electron chi connectivity index (χ2n) is 5.71. The highest BCUT2D eigenvalue weighted by Gasteiger charge is 2.49. The quantitative estimate of drug-likeness (QED) is 0.738. The zero-order valence-electron chi connectivity index (χ0n) is 10.1. The summed E-state index contributed by atoms with van der Waals surface area (Å²) >= 11 is 0. The van der Waals surface area contributed by atoms with E-state index in [2.05, 4.69) is 23.8 Å². The molecule has 1 heterocycles. The Morgan fingerprint density at radius 2 is 2.00 bits per heavy atom. The molecule has 4 nitrogen and oxygen atoms in total. The van der Waals surface area contributed by atoms with Crippen molar-refractivity contribution in [3.63, 3.8) is 0 Å². The summed E-state index contributed by atoms with van der Waals surface area (Å²) in [4.78, 5) is 16.7. The smallest absolute Gasteiger partial charge is 0.323 e. The lowest BCUT2D eigenvalue weighted by Crippen LogP contribution is -2.15. The number of hydrogen-bond donors (Lipinski definition) is 3. The number of nitrogens with two attached hydrogens (primary N) is 1. The number of aromatic nitrogens is 2. The van der Waals surface area contributed by atoms with E-state index in [0.717, 1.165) is 16.6 Å². The molecule has 0 radical (unpaired) electrons. The average Bonchev–Trinajstić information content (AvgIpc) is 2.73. The summed E-state index contributed by atoms with van der Waals surface area (Å²) in [6.45, 7) is 4.49. The lowest BCUT2D eigenvalue weighted by molar-refractivity contribution is 0.491. The molecule has 3 rings (SSSR count). The van der Waals surface area contributed by atoms with Gasteiger partial charge in [0.05, 0.1) is 11.0 Å². The summed E-state index contributed by atoms with van der Waals surface area (Å²) in [6, 6.07) is 5.96. The van der Waals surface area contributed by atoms with Crippen LogP contribution in [0.1, 0.15) is 31.9 Å². The first kappa shape index (κ1) is 10.6. The van der Waals surface area contributed by atoms with Gasteiger partial charge in [-0.15, -0.1) is 0 Å². The predicted octanol–water partition coefficient (Wildman–Crippen LogP) is 1.90. The van der Waals surface area contributed by atoms with Gasteiger partial charge in [0.2, 0.25) is 0 Å². The van der Waals surface area contributed by atoms with E-state index in [-0.39, 0.29) is 11.7 Å². The molecule has 1 fully saturated rings. The van der Waals surface area contributed by atoms with Crippen molar-refractivity contribution in [2.45, 2.75) is 26.3 Å². The van der Waals surface area contributed by atoms with Crippen LogP contribution in [0, 0.1) is 11.3 Å². The van der Waals surface area contributed by atoms with Gasteiger partial charge in [0, 0.05) is 6.04 Å². The zero-order chi connectivity index (χ0) is 12.2. The summed E-state index contributed by atoms with van der Waals surface area (Å²) in [7, 11) is 0. The third kappa shape index (κ3) is 1.69. The Balaban J connectivity index is 1.98. The van der Waals surface area contributed by atoms with Crippen LogP contribution in [0.2, 0.25) is 0 Å². The Morgan fingerprint density at radius 3 is 2.65 bits per heavy atom. The lowest BCUT2D eigenvalue weighted by Gasteiger charge is -2.13. The van der Waals surface area contributed by atoms with Crippen molar-refractivity contribution < 1.29 is 0 Å². The maximum absolute atomic E-state index is 11.2. The molecule has 1 aliphatic carbocycles. The number of aromatic amines is 2. The molecule has 1 aliphatic rings. The molecule has 1 aromatic carbocycles. The summed E-state index contributed by atoms with van der Waals surface area (Å²) in [5, 5.41) is 0. The summed E-state index contributed by atoms with van der Waals surface area (Å²) in [5.41, 5.74) is 9.23. The molecule has 4 heteroatoms. The summed E-state index contributed by atoms with van der Waals surface area (Å²) < 4.78 is 0. The first-order chi connectivity index (χ1) is 7.97. The fraction of sp³-hybridized carbons (Fsp3) is 0.462. The van der Waals surface area contributed by atoms with Crippen LogP contribution in [0.5, 0.6) is 0 Å². The highest BCUT2D eigenvalue weighted by atomic mass is 16.1. The van der Waals surface area contributed by atoms with Gasteiger partial charge in [-0.1, -0.05) is 19.9 Å². The first-order valence-electron chi connectivity index (χ1n) is 5.95. The van der Waals surface area contributed by atoms with E-state index in [0.29, 0.717) is 11.3 Å². The minimum absolute atomic E-state index is 0.0628. The van der Waals surface area contributed by atoms with Crippen LogP contribution in [0.3, 0.4) is 0 Å². The van der Waals surface area contributed by atoms with Crippen LogP contribution in [0.4, 0.5) is 0 Å². The first-order valence-corrected chi connectivity index (χ1v) is 5.95. The molecule has 0 bridgehead atoms. The van der Waals surface area contributed by atoms with Gasteiger partial charge in [0.25, 0.3) is 0 Å². The molecule has 2 unspecified atom stereocenters. The van der Waals surface area contributed by atoms with Crippen molar-refractivity contribution in [2.75, 3.05) is 0 Å². The number of hydrogen-bond acceptors (Lipinski definition) is 2. The molecule has 90 valence electrons. The number of rotatable bonds is 2. The minimum atomic E-state index is -0.169. The van der Waals surface area contributed by atoms with Crippen LogP contribution in [0.25, 0.3) is 11.0 Å². The van der Waals surface area contributed by atoms with Crippen molar-refractivity contribution in [1.82, 2.24) is 9.97 Å². The minimum Gasteiger partial charge on any atom is -0.324 e. The van der Waals surface area contributed by atoms with Gasteiger partial charge in [-0.3, -0.25) is 0 Å². The molecule has 17 heavy (non-hydrogen) atoms. The third-order valence-corrected chi connectivity index (χ3v) is 3.95. The Bertz CT molecular complexity index is 623. The molecule has 1 saturated carbocycles. The van der Waals surface area contributed by atoms with Gasteiger partial charge < -0.3 is 15.7 Å². The zero-order valence-corrected chi connectivity index (χ0v) is 10.1. The second-order valence-corrected chi connectivity index (χ2v) is 5.71. The Kier molecular flexibility index (Phi) is 2.01. The Hall–Kier alpha value is -1.55. The largest absolute Gasteiger partial charge is 0.324 e. The van der Waals surface area contributed by atoms with E-state index >= 15 is 0 Å². The maximum Gasteiger partial charge on any atom is 0.323 e. The van der Waals surface area contributed by atoms with Crippen molar-refractivity contribution in [2.24, 2.45) is 17.1 Å². The number of fused-ring (bicyclic) bond motifs is 1. The van der Waals surface area contributed by atoms with Gasteiger partial charge in [0.15, 0.2) is 0 Å². The van der Waals surface area contributed by atoms with E-state index in [1.54, 1.807) is 0 Å². The number of benzene rings is 1. The van der Waals surface area contributed by atoms with E-state index in [1.807, 2.05) is 18.2 Å². The van der Waals surface area contributed by atoms with Crippen LogP contribution >= 0.6 is 0 Å². The average molecular weight is 231 g/mol. The highest BCUT2D eigenvalue weighted by Crippen LogP contribution is 2.56. The van der Waals surface area contributed by atoms with Crippen LogP contribution in [-0.2, 0) is 0 Å². The van der Waals surface area contributed by atoms with Crippen LogP contribution in [-0.4, -0.2) is 9.97 Å². The molecule has 0 saturated heterocycles. The SMILES string of the molecule is CC1(C)CC1C(N)c1ccc2[nH]c(=O)[nH]c2c1. The molecular weight excluding hydrogens is 214 g/mol. The number of imidazole rings is 1. The molecule has 0 spiro atoms. The second kappa shape index (κ2) is 3.23. The van der Waals surface area contributed by atoms with Gasteiger partial charge in [-0.05, 0) is 35.4 Å². The van der Waals surface area contributed by atoms with Gasteiger partial charge in [-0.25, -0.2) is 4.79 Å². The topological polar surface area (TPSA) is 74.7 Å². The molecular formula is C13H17N3O. The molecule has 2 aromatic rings. The highest BCUT2D eigenvalue weighted by molar-refractivity contribution is 5.75. The predicted molar refractivity (Wildman–Crippen MR) is 67.7 cm³/mol. The fourth-order valence-electron chi connectivity index (χ4n) is 2.61. The summed E-state index contributed by atoms with van der Waals surface area (Å²) in [5.74, 6) is 0.547. The molecule has 4 N–H and O–H groups in total. The van der Waals surface area contributed by atoms with Crippen molar-refractivity contribution >= 4 is 11.0 Å². The third-order valence-electron chi connectivity index (χ3n) is 3.95. The van der Waals surface area contributed by atoms with E-state index in [1.165, 1.54) is 6.42 Å². The summed E-state index contributed by atoms with van der Waals surface area (Å²) in [6.07, 6.45) is 1.18. The maximum atomic E-state index is 11.2. The Morgan fingerprint density at radius 1 is 1.35 bits per heavy atom. The number of H-pyrrole nitrogens is 2.